The Kier molecular flexibility index (Phi) is 3.39. The molecule has 0 aliphatic carbocycles. The molecule has 1 heteroatoms. The molecule has 0 saturated carbocycles. The van der Waals surface area contributed by atoms with Crippen molar-refractivity contribution in [2.24, 2.45) is 0 Å². The van der Waals surface area contributed by atoms with Crippen molar-refractivity contribution < 1.29 is 0 Å². The average molecular weight is 235 g/mol. The smallest absolute Gasteiger partial charge is 0.0699 e. The molecule has 0 fully saturated rings. The summed E-state index contributed by atoms with van der Waals surface area (Å²) >= 11 is 0. The van der Waals surface area contributed by atoms with E-state index >= 15 is 0 Å². The maximum Gasteiger partial charge on any atom is 0.0699 e. The maximum atomic E-state index is 5.98. The van der Waals surface area contributed by atoms with Gasteiger partial charge in [0.1, 0.15) is 0 Å². The van der Waals surface area contributed by atoms with Crippen molar-refractivity contribution in [1.82, 2.24) is 0 Å². The Balaban J connectivity index is 2.50. The van der Waals surface area contributed by atoms with E-state index in [1.807, 2.05) is 32.0 Å². The lowest BCUT2D eigenvalue weighted by Gasteiger charge is -2.15. The summed E-state index contributed by atoms with van der Waals surface area (Å²) in [5, 5.41) is 0. The lowest BCUT2D eigenvalue weighted by atomic mass is 9.89. The van der Waals surface area contributed by atoms with Crippen LogP contribution in [-0.4, -0.2) is 0 Å². The van der Waals surface area contributed by atoms with Crippen molar-refractivity contribution in [2.75, 3.05) is 5.73 Å². The summed E-state index contributed by atoms with van der Waals surface area (Å²) in [6, 6.07) is 14.3. The summed E-state index contributed by atoms with van der Waals surface area (Å²) in [7, 11) is 0. The lowest BCUT2D eigenvalue weighted by Crippen LogP contribution is -2.02. The van der Waals surface area contributed by atoms with Gasteiger partial charge < -0.3 is 5.73 Å². The van der Waals surface area contributed by atoms with Gasteiger partial charge in [-0.25, -0.2) is 0 Å². The van der Waals surface area contributed by atoms with E-state index in [2.05, 4.69) is 30.2 Å². The first-order valence-corrected chi connectivity index (χ1v) is 6.01. The Morgan fingerprint density at radius 3 is 2.06 bits per heavy atom. The Bertz CT molecular complexity index is 568. The van der Waals surface area contributed by atoms with E-state index in [1.54, 1.807) is 0 Å². The van der Waals surface area contributed by atoms with Gasteiger partial charge in [0.25, 0.3) is 0 Å². The number of terminal acetylenes is 1. The molecule has 2 N–H and O–H groups in total. The van der Waals surface area contributed by atoms with Gasteiger partial charge in [-0.3, -0.25) is 0 Å². The second-order valence-electron chi connectivity index (χ2n) is 4.58. The number of aryl methyl sites for hydroxylation is 2. The largest absolute Gasteiger partial charge is 0.398 e. The molecule has 1 nitrogen and oxygen atoms in total. The number of nitrogens with two attached hydrogens (primary N) is 1. The van der Waals surface area contributed by atoms with Gasteiger partial charge in [-0.15, -0.1) is 6.42 Å². The molecule has 2 aromatic rings. The summed E-state index contributed by atoms with van der Waals surface area (Å²) in [4.78, 5) is 0. The number of benzene rings is 2. The molecule has 0 spiro atoms. The summed E-state index contributed by atoms with van der Waals surface area (Å²) in [6.07, 6.45) is 5.69. The molecule has 0 radical (unpaired) electrons. The van der Waals surface area contributed by atoms with Gasteiger partial charge in [0.2, 0.25) is 0 Å². The third-order valence-electron chi connectivity index (χ3n) is 3.25. The van der Waals surface area contributed by atoms with E-state index in [0.29, 0.717) is 0 Å². The predicted molar refractivity (Wildman–Crippen MR) is 77.4 cm³/mol. The molecule has 0 bridgehead atoms. The van der Waals surface area contributed by atoms with E-state index < -0.39 is 0 Å². The van der Waals surface area contributed by atoms with Crippen molar-refractivity contribution >= 4 is 5.69 Å². The Hall–Kier alpha value is -2.20. The average Bonchev–Trinajstić information content (AvgIpc) is 2.38. The molecule has 0 heterocycles. The fourth-order valence-corrected chi connectivity index (χ4v) is 2.21. The molecule has 1 unspecified atom stereocenters. The Morgan fingerprint density at radius 2 is 1.56 bits per heavy atom. The maximum absolute atomic E-state index is 5.98. The van der Waals surface area contributed by atoms with Crippen LogP contribution >= 0.6 is 0 Å². The molecule has 2 rings (SSSR count). The standard InChI is InChI=1S/C17H17N/c1-4-16(14-8-6-5-7-9-14)15-10-12(2)17(18)13(3)11-15/h1,5-11,16H,18H2,2-3H3. The zero-order chi connectivity index (χ0) is 13.1. The molecule has 0 saturated heterocycles. The van der Waals surface area contributed by atoms with Gasteiger partial charge in [0, 0.05) is 5.69 Å². The minimum absolute atomic E-state index is 0.0100. The first-order valence-electron chi connectivity index (χ1n) is 6.01. The van der Waals surface area contributed by atoms with Crippen LogP contribution in [0.1, 0.15) is 28.2 Å². The topological polar surface area (TPSA) is 26.0 Å². The summed E-state index contributed by atoms with van der Waals surface area (Å²) < 4.78 is 0. The second-order valence-corrected chi connectivity index (χ2v) is 4.58. The highest BCUT2D eigenvalue weighted by Crippen LogP contribution is 2.28. The van der Waals surface area contributed by atoms with Gasteiger partial charge in [0.15, 0.2) is 0 Å². The van der Waals surface area contributed by atoms with Gasteiger partial charge in [-0.1, -0.05) is 48.4 Å². The molecule has 0 amide bonds. The molecule has 0 aliphatic heterocycles. The van der Waals surface area contributed by atoms with Crippen molar-refractivity contribution in [3.05, 3.63) is 64.7 Å². The first kappa shape index (κ1) is 12.3. The molecular weight excluding hydrogens is 218 g/mol. The Morgan fingerprint density at radius 1 is 1.00 bits per heavy atom. The number of hydrogen-bond acceptors (Lipinski definition) is 1. The van der Waals surface area contributed by atoms with Crippen LogP contribution in [0.15, 0.2) is 42.5 Å². The minimum Gasteiger partial charge on any atom is -0.398 e. The van der Waals surface area contributed by atoms with E-state index in [4.69, 9.17) is 12.2 Å². The normalized spacial score (nSPS) is 11.8. The van der Waals surface area contributed by atoms with Crippen LogP contribution in [0.2, 0.25) is 0 Å². The first-order chi connectivity index (χ1) is 8.63. The molecule has 2 aromatic carbocycles. The third-order valence-corrected chi connectivity index (χ3v) is 3.25. The SMILES string of the molecule is C#CC(c1ccccc1)c1cc(C)c(N)c(C)c1. The highest BCUT2D eigenvalue weighted by Gasteiger charge is 2.12. The van der Waals surface area contributed by atoms with E-state index in [9.17, 15) is 0 Å². The number of anilines is 1. The number of hydrogen-bond donors (Lipinski definition) is 1. The highest BCUT2D eigenvalue weighted by atomic mass is 14.6. The van der Waals surface area contributed by atoms with Gasteiger partial charge in [0.05, 0.1) is 5.92 Å². The van der Waals surface area contributed by atoms with Crippen molar-refractivity contribution in [3.8, 4) is 12.3 Å². The van der Waals surface area contributed by atoms with Crippen LogP contribution < -0.4 is 5.73 Å². The summed E-state index contributed by atoms with van der Waals surface area (Å²) in [5.41, 5.74) is 11.3. The van der Waals surface area contributed by atoms with Gasteiger partial charge in [-0.05, 0) is 36.1 Å². The minimum atomic E-state index is -0.0100. The fraction of sp³-hybridized carbons (Fsp3) is 0.176. The molecule has 1 atom stereocenters. The van der Waals surface area contributed by atoms with Crippen LogP contribution in [-0.2, 0) is 0 Å². The fourth-order valence-electron chi connectivity index (χ4n) is 2.21. The van der Waals surface area contributed by atoms with Crippen LogP contribution in [0.5, 0.6) is 0 Å². The van der Waals surface area contributed by atoms with Gasteiger partial charge >= 0.3 is 0 Å². The van der Waals surface area contributed by atoms with Crippen molar-refractivity contribution in [1.29, 1.82) is 0 Å². The number of rotatable bonds is 2. The lowest BCUT2D eigenvalue weighted by molar-refractivity contribution is 1.05. The quantitative estimate of drug-likeness (QED) is 0.624. The van der Waals surface area contributed by atoms with Crippen molar-refractivity contribution in [2.45, 2.75) is 19.8 Å². The van der Waals surface area contributed by atoms with E-state index in [0.717, 1.165) is 27.9 Å². The van der Waals surface area contributed by atoms with Crippen LogP contribution in [0.4, 0.5) is 5.69 Å². The highest BCUT2D eigenvalue weighted by molar-refractivity contribution is 5.56. The zero-order valence-corrected chi connectivity index (χ0v) is 10.8. The van der Waals surface area contributed by atoms with E-state index in [-0.39, 0.29) is 5.92 Å². The molecule has 18 heavy (non-hydrogen) atoms. The van der Waals surface area contributed by atoms with Crippen molar-refractivity contribution in [3.63, 3.8) is 0 Å². The number of nitrogen functional groups attached to an aromatic ring is 1. The Labute approximate surface area is 109 Å². The molecule has 0 aromatic heterocycles. The summed E-state index contributed by atoms with van der Waals surface area (Å²) in [5.74, 6) is 2.86. The predicted octanol–water partition coefficient (Wildman–Crippen LogP) is 3.65. The molecular formula is C17H17N. The molecule has 90 valence electrons. The summed E-state index contributed by atoms with van der Waals surface area (Å²) in [6.45, 7) is 4.04. The zero-order valence-electron chi connectivity index (χ0n) is 10.8. The molecule has 0 aliphatic rings. The third kappa shape index (κ3) is 2.24. The monoisotopic (exact) mass is 235 g/mol. The van der Waals surface area contributed by atoms with Gasteiger partial charge in [-0.2, -0.15) is 0 Å². The van der Waals surface area contributed by atoms with Crippen LogP contribution in [0, 0.1) is 26.2 Å². The second kappa shape index (κ2) is 4.98. The van der Waals surface area contributed by atoms with E-state index in [1.165, 1.54) is 0 Å². The van der Waals surface area contributed by atoms with Crippen LogP contribution in [0.25, 0.3) is 0 Å². The van der Waals surface area contributed by atoms with Crippen LogP contribution in [0.3, 0.4) is 0 Å².